The van der Waals surface area contributed by atoms with Crippen LogP contribution in [0.25, 0.3) is 0 Å². The minimum atomic E-state index is -0.803. The first kappa shape index (κ1) is 76.6. The summed E-state index contributed by atoms with van der Waals surface area (Å²) in [5, 5.41) is 0. The van der Waals surface area contributed by atoms with Crippen molar-refractivity contribution in [1.82, 2.24) is 0 Å². The molecule has 0 aliphatic heterocycles. The third kappa shape index (κ3) is 65.4. The quantitative estimate of drug-likeness (QED) is 0.0261. The number of hydrogen-bond donors (Lipinski definition) is 0. The highest BCUT2D eigenvalue weighted by Crippen LogP contribution is 2.18. The number of esters is 3. The highest BCUT2D eigenvalue weighted by molar-refractivity contribution is 5.71. The fraction of sp³-hybridized carbons (Fsp3) is 0.770. The minimum Gasteiger partial charge on any atom is -0.462 e. The number of ether oxygens (including phenoxy) is 3. The normalized spacial score (nSPS) is 12.6. The first-order valence-corrected chi connectivity index (χ1v) is 34.6. The maximum absolute atomic E-state index is 12.9. The summed E-state index contributed by atoms with van der Waals surface area (Å²) in [5.41, 5.74) is 0. The molecule has 0 rings (SSSR count). The lowest BCUT2D eigenvalue weighted by Crippen LogP contribution is -2.30. The van der Waals surface area contributed by atoms with E-state index in [-0.39, 0.29) is 37.5 Å². The molecule has 0 aromatic carbocycles. The van der Waals surface area contributed by atoms with Crippen LogP contribution in [0.3, 0.4) is 0 Å². The Kier molecular flexibility index (Phi) is 65.2. The number of unbranched alkanes of at least 4 members (excludes halogenated alkanes) is 38. The second kappa shape index (κ2) is 68.1. The molecule has 0 bridgehead atoms. The van der Waals surface area contributed by atoms with Crippen molar-refractivity contribution in [2.24, 2.45) is 0 Å². The number of rotatable bonds is 63. The van der Waals surface area contributed by atoms with Gasteiger partial charge in [0.1, 0.15) is 13.2 Å². The average molecular weight is 1120 g/mol. The van der Waals surface area contributed by atoms with Crippen molar-refractivity contribution in [3.63, 3.8) is 0 Å². The summed E-state index contributed by atoms with van der Waals surface area (Å²) >= 11 is 0. The van der Waals surface area contributed by atoms with Gasteiger partial charge in [-0.1, -0.05) is 318 Å². The van der Waals surface area contributed by atoms with Crippen LogP contribution in [-0.4, -0.2) is 37.2 Å². The highest BCUT2D eigenvalue weighted by Gasteiger charge is 2.19. The molecular weight excluding hydrogens is 985 g/mol. The Morgan fingerprint density at radius 3 is 0.825 bits per heavy atom. The Morgan fingerprint density at radius 1 is 0.263 bits per heavy atom. The van der Waals surface area contributed by atoms with Crippen LogP contribution in [0.5, 0.6) is 0 Å². The molecule has 0 saturated heterocycles. The van der Waals surface area contributed by atoms with Gasteiger partial charge in [-0.15, -0.1) is 0 Å². The third-order valence-electron chi connectivity index (χ3n) is 15.1. The van der Waals surface area contributed by atoms with Crippen LogP contribution in [0, 0.1) is 0 Å². The zero-order valence-corrected chi connectivity index (χ0v) is 53.1. The standard InChI is InChI=1S/C74H130O6/c1-4-7-10-13-16-19-22-25-27-29-31-33-34-35-36-37-38-39-40-42-43-45-47-49-52-55-58-61-64-67-73(76)79-70-71(69-78-72(75)66-63-60-57-54-51-24-21-18-15-12-9-6-3)80-74(77)68-65-62-59-56-53-50-48-46-44-41-32-30-28-26-23-20-17-14-11-8-5-2/h8,11,17-18,20-21,26,28,32,41,46,48,53,56,71H,4-7,9-10,12-16,19,22-25,27,29-31,33-40,42-45,47,49-52,54-55,57-70H2,1-3H3/b11-8-,20-17-,21-18-,28-26-,41-32-,48-46-,56-53-. The van der Waals surface area contributed by atoms with Gasteiger partial charge in [-0.3, -0.25) is 14.4 Å². The van der Waals surface area contributed by atoms with E-state index in [0.29, 0.717) is 19.3 Å². The van der Waals surface area contributed by atoms with Gasteiger partial charge in [0.05, 0.1) is 0 Å². The summed E-state index contributed by atoms with van der Waals surface area (Å²) in [6.45, 7) is 6.50. The van der Waals surface area contributed by atoms with Crippen LogP contribution in [0.2, 0.25) is 0 Å². The number of allylic oxidation sites excluding steroid dienone is 14. The molecule has 0 aromatic heterocycles. The van der Waals surface area contributed by atoms with Crippen molar-refractivity contribution in [3.8, 4) is 0 Å². The molecule has 0 heterocycles. The largest absolute Gasteiger partial charge is 0.462 e. The first-order valence-electron chi connectivity index (χ1n) is 34.6. The van der Waals surface area contributed by atoms with Gasteiger partial charge in [0, 0.05) is 19.3 Å². The molecule has 80 heavy (non-hydrogen) atoms. The molecule has 0 aliphatic rings. The summed E-state index contributed by atoms with van der Waals surface area (Å²) in [7, 11) is 0. The fourth-order valence-electron chi connectivity index (χ4n) is 9.97. The zero-order valence-electron chi connectivity index (χ0n) is 53.1. The molecule has 462 valence electrons. The summed E-state index contributed by atoms with van der Waals surface area (Å²) in [5.74, 6) is -0.933. The van der Waals surface area contributed by atoms with Crippen LogP contribution in [0.1, 0.15) is 348 Å². The van der Waals surface area contributed by atoms with Crippen molar-refractivity contribution >= 4 is 17.9 Å². The predicted octanol–water partition coefficient (Wildman–Crippen LogP) is 23.8. The van der Waals surface area contributed by atoms with Crippen molar-refractivity contribution in [2.45, 2.75) is 354 Å². The molecule has 0 aromatic rings. The van der Waals surface area contributed by atoms with E-state index in [1.807, 2.05) is 0 Å². The second-order valence-corrected chi connectivity index (χ2v) is 23.1. The van der Waals surface area contributed by atoms with Gasteiger partial charge in [-0.05, 0) is 96.3 Å². The average Bonchev–Trinajstić information content (AvgIpc) is 3.46. The van der Waals surface area contributed by atoms with Crippen LogP contribution in [0.4, 0.5) is 0 Å². The zero-order chi connectivity index (χ0) is 57.8. The highest BCUT2D eigenvalue weighted by atomic mass is 16.6. The molecule has 0 aliphatic carbocycles. The molecule has 6 heteroatoms. The molecular formula is C74H130O6. The van der Waals surface area contributed by atoms with Crippen LogP contribution >= 0.6 is 0 Å². The van der Waals surface area contributed by atoms with Gasteiger partial charge in [0.2, 0.25) is 0 Å². The van der Waals surface area contributed by atoms with E-state index in [1.165, 1.54) is 205 Å². The van der Waals surface area contributed by atoms with E-state index in [4.69, 9.17) is 14.2 Å². The van der Waals surface area contributed by atoms with Crippen molar-refractivity contribution in [1.29, 1.82) is 0 Å². The molecule has 0 N–H and O–H groups in total. The number of carbonyl (C=O) groups excluding carboxylic acids is 3. The minimum absolute atomic E-state index is 0.0942. The van der Waals surface area contributed by atoms with E-state index < -0.39 is 6.10 Å². The lowest BCUT2D eigenvalue weighted by atomic mass is 10.0. The van der Waals surface area contributed by atoms with Crippen molar-refractivity contribution in [3.05, 3.63) is 85.1 Å². The Morgan fingerprint density at radius 2 is 0.487 bits per heavy atom. The third-order valence-corrected chi connectivity index (χ3v) is 15.1. The van der Waals surface area contributed by atoms with E-state index in [0.717, 1.165) is 96.3 Å². The molecule has 1 unspecified atom stereocenters. The summed E-state index contributed by atoms with van der Waals surface area (Å²) < 4.78 is 16.9. The van der Waals surface area contributed by atoms with E-state index in [2.05, 4.69) is 106 Å². The fourth-order valence-corrected chi connectivity index (χ4v) is 9.97. The van der Waals surface area contributed by atoms with Gasteiger partial charge in [-0.2, -0.15) is 0 Å². The Bertz CT molecular complexity index is 1520. The molecule has 1 atom stereocenters. The van der Waals surface area contributed by atoms with Crippen LogP contribution in [0.15, 0.2) is 85.1 Å². The Labute approximate surface area is 496 Å². The molecule has 0 fully saturated rings. The molecule has 0 spiro atoms. The molecule has 6 nitrogen and oxygen atoms in total. The van der Waals surface area contributed by atoms with E-state index in [9.17, 15) is 14.4 Å². The van der Waals surface area contributed by atoms with E-state index in [1.54, 1.807) is 0 Å². The van der Waals surface area contributed by atoms with Crippen LogP contribution < -0.4 is 0 Å². The summed E-state index contributed by atoms with van der Waals surface area (Å²) in [6.07, 6.45) is 90.5. The lowest BCUT2D eigenvalue weighted by Gasteiger charge is -2.18. The summed E-state index contributed by atoms with van der Waals surface area (Å²) in [6, 6.07) is 0. The maximum Gasteiger partial charge on any atom is 0.306 e. The number of carbonyl (C=O) groups is 3. The first-order chi connectivity index (χ1) is 39.5. The van der Waals surface area contributed by atoms with E-state index >= 15 is 0 Å². The molecule has 0 radical (unpaired) electrons. The van der Waals surface area contributed by atoms with Crippen molar-refractivity contribution in [2.75, 3.05) is 13.2 Å². The summed E-state index contributed by atoms with van der Waals surface area (Å²) in [4.78, 5) is 38.3. The predicted molar refractivity (Wildman–Crippen MR) is 348 cm³/mol. The number of hydrogen-bond acceptors (Lipinski definition) is 6. The maximum atomic E-state index is 12.9. The monoisotopic (exact) mass is 1110 g/mol. The Hall–Kier alpha value is -3.41. The second-order valence-electron chi connectivity index (χ2n) is 23.1. The van der Waals surface area contributed by atoms with Crippen LogP contribution in [-0.2, 0) is 28.6 Å². The topological polar surface area (TPSA) is 78.9 Å². The van der Waals surface area contributed by atoms with Gasteiger partial charge >= 0.3 is 17.9 Å². The lowest BCUT2D eigenvalue weighted by molar-refractivity contribution is -0.167. The van der Waals surface area contributed by atoms with Gasteiger partial charge < -0.3 is 14.2 Å². The SMILES string of the molecule is CC/C=C\C/C=C\C/C=C\C/C=C\C/C=C\C/C=C\CCCCC(=O)OC(COC(=O)CCCCCCC/C=C\CCCCC)COC(=O)CCCCCCCCCCCCCCCCCCCCCCCCCCCCCCC. The smallest absolute Gasteiger partial charge is 0.306 e. The van der Waals surface area contributed by atoms with Gasteiger partial charge in [0.15, 0.2) is 6.10 Å². The molecule has 0 amide bonds. The van der Waals surface area contributed by atoms with Crippen molar-refractivity contribution < 1.29 is 28.6 Å². The molecule has 0 saturated carbocycles. The van der Waals surface area contributed by atoms with Gasteiger partial charge in [-0.25, -0.2) is 0 Å². The van der Waals surface area contributed by atoms with Gasteiger partial charge in [0.25, 0.3) is 0 Å². The Balaban J connectivity index is 4.26.